The summed E-state index contributed by atoms with van der Waals surface area (Å²) in [6.45, 7) is 20.7. The molecule has 0 aliphatic carbocycles. The Morgan fingerprint density at radius 3 is 1.40 bits per heavy atom. The van der Waals surface area contributed by atoms with Gasteiger partial charge in [-0.2, -0.15) is 0 Å². The largest absolute Gasteiger partial charge is 3.00 e. The Hall–Kier alpha value is -1.73. The maximum atomic E-state index is 12.5. The quantitative estimate of drug-likeness (QED) is 0.107. The van der Waals surface area contributed by atoms with E-state index < -0.39 is 0 Å². The van der Waals surface area contributed by atoms with Crippen molar-refractivity contribution in [2.24, 2.45) is 20.8 Å². The Bertz CT molecular complexity index is 1040. The second-order valence-corrected chi connectivity index (χ2v) is 12.3. The molecule has 0 aliphatic heterocycles. The van der Waals surface area contributed by atoms with Gasteiger partial charge in [0.05, 0.1) is 12.2 Å². The topological polar surface area (TPSA) is 113 Å². The molecule has 8 nitrogen and oxygen atoms in total. The fourth-order valence-corrected chi connectivity index (χ4v) is 3.89. The zero-order chi connectivity index (χ0) is 29.8. The molecule has 0 atom stereocenters. The summed E-state index contributed by atoms with van der Waals surface area (Å²) in [7, 11) is 0. The number of benzene rings is 2. The third-order valence-corrected chi connectivity index (χ3v) is 5.93. The second-order valence-electron chi connectivity index (χ2n) is 12.3. The van der Waals surface area contributed by atoms with Gasteiger partial charge in [0.25, 0.3) is 0 Å². The van der Waals surface area contributed by atoms with E-state index in [0.717, 1.165) is 26.2 Å². The summed E-state index contributed by atoms with van der Waals surface area (Å²) in [6, 6.07) is 10.6. The van der Waals surface area contributed by atoms with Crippen LogP contribution < -0.4 is 54.3 Å². The molecular weight excluding hydrogens is 698 g/mol. The van der Waals surface area contributed by atoms with Crippen LogP contribution in [0.5, 0.6) is 23.0 Å². The molecule has 0 unspecified atom stereocenters. The van der Waals surface area contributed by atoms with Crippen LogP contribution in [0.4, 0.5) is 0 Å². The van der Waals surface area contributed by atoms with Gasteiger partial charge in [0, 0.05) is 51.7 Å². The van der Waals surface area contributed by atoms with Crippen LogP contribution in [0.25, 0.3) is 0 Å². The van der Waals surface area contributed by atoms with E-state index in [1.54, 1.807) is 36.7 Å². The molecule has 0 fully saturated rings. The maximum Gasteiger partial charge on any atom is 3.00 e. The summed E-state index contributed by atoms with van der Waals surface area (Å²) in [5.41, 5.74) is 0.968. The van der Waals surface area contributed by atoms with Crippen molar-refractivity contribution in [2.45, 2.75) is 67.6 Å². The molecule has 0 saturated carbocycles. The maximum absolute atomic E-state index is 12.5. The molecule has 230 valence electrons. The number of nitrogens with zero attached hydrogens (tertiary/aromatic N) is 2. The number of rotatable bonds is 17. The molecule has 0 aromatic heterocycles. The minimum atomic E-state index is -0.129. The first-order valence-corrected chi connectivity index (χ1v) is 14.1. The third kappa shape index (κ3) is 15.1. The van der Waals surface area contributed by atoms with Gasteiger partial charge in [-0.3, -0.25) is 9.98 Å². The first-order valence-electron chi connectivity index (χ1n) is 14.1. The molecule has 10 heteroatoms. The van der Waals surface area contributed by atoms with E-state index in [4.69, 9.17) is 9.47 Å². The molecule has 0 spiro atoms. The fourth-order valence-electron chi connectivity index (χ4n) is 3.89. The fraction of sp³-hybridized carbons (Fsp3) is 0.562. The van der Waals surface area contributed by atoms with Crippen molar-refractivity contribution in [3.05, 3.63) is 47.5 Å². The molecule has 0 heterocycles. The SMILES string of the molecule is CC(C)Oc1cccc(C=NCC(C)(C)CNCCNCC(C)(C)CN=Cc2cccc(OC(C)C)c2[O-])c1[O-].[67Ga+3].[I-]. The van der Waals surface area contributed by atoms with Crippen LogP contribution in [0.3, 0.4) is 0 Å². The zero-order valence-corrected chi connectivity index (χ0v) is 31.1. The van der Waals surface area contributed by atoms with Crippen molar-refractivity contribution < 1.29 is 43.7 Å². The predicted octanol–water partition coefficient (Wildman–Crippen LogP) is 0.801. The van der Waals surface area contributed by atoms with Crippen LogP contribution in [0, 0.1) is 10.8 Å². The predicted molar refractivity (Wildman–Crippen MR) is 167 cm³/mol. The van der Waals surface area contributed by atoms with Gasteiger partial charge >= 0.3 is 19.8 Å². The molecule has 2 aromatic carbocycles. The molecule has 0 aliphatic rings. The Labute approximate surface area is 283 Å². The summed E-state index contributed by atoms with van der Waals surface area (Å²) in [5.74, 6) is 0.467. The summed E-state index contributed by atoms with van der Waals surface area (Å²) in [4.78, 5) is 9.08. The van der Waals surface area contributed by atoms with Crippen LogP contribution in [0.15, 0.2) is 46.4 Å². The second kappa shape index (κ2) is 19.5. The number of ether oxygens (including phenoxy) is 2. The average Bonchev–Trinajstić information content (AvgIpc) is 2.85. The number of halogens is 1. The minimum absolute atomic E-state index is 0. The number of hydrogen-bond donors (Lipinski definition) is 2. The monoisotopic (exact) mass is 746 g/mol. The zero-order valence-electron chi connectivity index (χ0n) is 26.5. The van der Waals surface area contributed by atoms with Gasteiger partial charge < -0.3 is 54.3 Å². The number of nitrogens with one attached hydrogen (secondary N) is 2. The first-order chi connectivity index (χ1) is 18.8. The van der Waals surface area contributed by atoms with Crippen molar-refractivity contribution in [3.8, 4) is 23.0 Å². The summed E-state index contributed by atoms with van der Waals surface area (Å²) < 4.78 is 11.2. The molecule has 0 bridgehead atoms. The van der Waals surface area contributed by atoms with E-state index in [0.29, 0.717) is 35.7 Å². The van der Waals surface area contributed by atoms with Crippen molar-refractivity contribution in [1.29, 1.82) is 0 Å². The molecule has 2 aromatic rings. The van der Waals surface area contributed by atoms with E-state index in [2.05, 4.69) is 48.3 Å². The smallest absolute Gasteiger partial charge is 1.00 e. The number of aliphatic imine (C=N–C) groups is 2. The average molecular weight is 747 g/mol. The molecule has 2 N–H and O–H groups in total. The summed E-state index contributed by atoms with van der Waals surface area (Å²) in [6.07, 6.45) is 3.20. The van der Waals surface area contributed by atoms with Crippen molar-refractivity contribution in [2.75, 3.05) is 39.3 Å². The van der Waals surface area contributed by atoms with Crippen molar-refractivity contribution in [3.63, 3.8) is 0 Å². The summed E-state index contributed by atoms with van der Waals surface area (Å²) in [5, 5.41) is 32.0. The van der Waals surface area contributed by atoms with Gasteiger partial charge in [0.2, 0.25) is 0 Å². The van der Waals surface area contributed by atoms with Crippen LogP contribution in [-0.2, 0) is 0 Å². The van der Waals surface area contributed by atoms with Crippen LogP contribution in [0.2, 0.25) is 0 Å². The number of hydrogen-bond acceptors (Lipinski definition) is 8. The van der Waals surface area contributed by atoms with E-state index >= 15 is 0 Å². The van der Waals surface area contributed by atoms with Gasteiger partial charge in [0.15, 0.2) is 0 Å². The van der Waals surface area contributed by atoms with E-state index in [1.807, 2.05) is 39.8 Å². The van der Waals surface area contributed by atoms with Crippen LogP contribution >= 0.6 is 0 Å². The van der Waals surface area contributed by atoms with E-state index in [-0.39, 0.29) is 78.3 Å². The molecule has 2 rings (SSSR count). The molecule has 0 amide bonds. The van der Waals surface area contributed by atoms with E-state index in [9.17, 15) is 10.2 Å². The Kier molecular flexibility index (Phi) is 18.7. The minimum Gasteiger partial charge on any atom is -1.00 e. The third-order valence-electron chi connectivity index (χ3n) is 5.93. The van der Waals surface area contributed by atoms with Gasteiger partial charge in [-0.25, -0.2) is 0 Å². The van der Waals surface area contributed by atoms with Crippen molar-refractivity contribution >= 4 is 32.2 Å². The number of para-hydroxylation sites is 2. The van der Waals surface area contributed by atoms with E-state index in [1.165, 1.54) is 0 Å². The van der Waals surface area contributed by atoms with Gasteiger partial charge in [-0.1, -0.05) is 63.5 Å². The Balaban J connectivity index is 0.00000840. The van der Waals surface area contributed by atoms with Gasteiger partial charge in [-0.05, 0) is 61.8 Å². The molecule has 0 saturated heterocycles. The van der Waals surface area contributed by atoms with Crippen molar-refractivity contribution in [1.82, 2.24) is 10.6 Å². The molecule has 42 heavy (non-hydrogen) atoms. The normalized spacial score (nSPS) is 12.1. The molecular formula is C32H48GaIN4O4. The first kappa shape index (κ1) is 40.3. The Morgan fingerprint density at radius 1 is 0.714 bits per heavy atom. The van der Waals surface area contributed by atoms with Gasteiger partial charge in [-0.15, -0.1) is 0 Å². The standard InChI is InChI=1S/C32H50N4O4.Ga.HI/c1-23(2)39-27-13-9-11-25(29(27)37)17-35-21-31(5,6)19-33-15-16-34-20-32(7,8)22-36-18-26-12-10-14-28(30(26)38)40-24(3)4;;/h9-14,17-18,23-24,33-34,37-38H,15-16,19-22H2,1-8H3;;1H/q;+3;/p-3/i;1-3;. The van der Waals surface area contributed by atoms with Crippen LogP contribution in [-0.4, -0.2) is 83.7 Å². The van der Waals surface area contributed by atoms with Crippen LogP contribution in [0.1, 0.15) is 66.5 Å². The Morgan fingerprint density at radius 2 is 1.07 bits per heavy atom. The molecule has 0 radical (unpaired) electrons. The van der Waals surface area contributed by atoms with Gasteiger partial charge in [0.1, 0.15) is 11.5 Å². The summed E-state index contributed by atoms with van der Waals surface area (Å²) >= 11 is 0.